The SMILES string of the molecule is C=CC1=C(C=C)COC(C)OC1. The second-order valence-electron chi connectivity index (χ2n) is 2.65. The third-order valence-corrected chi connectivity index (χ3v) is 1.85. The number of ether oxygens (including phenoxy) is 2. The van der Waals surface area contributed by atoms with Crippen molar-refractivity contribution in [1.29, 1.82) is 0 Å². The van der Waals surface area contributed by atoms with Crippen LogP contribution in [0.25, 0.3) is 0 Å². The van der Waals surface area contributed by atoms with E-state index in [4.69, 9.17) is 9.47 Å². The fourth-order valence-electron chi connectivity index (χ4n) is 1.03. The fourth-order valence-corrected chi connectivity index (χ4v) is 1.03. The van der Waals surface area contributed by atoms with Crippen LogP contribution in [0, 0.1) is 0 Å². The number of hydrogen-bond donors (Lipinski definition) is 0. The minimum atomic E-state index is -0.141. The lowest BCUT2D eigenvalue weighted by atomic mass is 10.1. The summed E-state index contributed by atoms with van der Waals surface area (Å²) in [6.07, 6.45) is 3.44. The van der Waals surface area contributed by atoms with E-state index >= 15 is 0 Å². The highest BCUT2D eigenvalue weighted by molar-refractivity contribution is 5.32. The summed E-state index contributed by atoms with van der Waals surface area (Å²) in [6, 6.07) is 0. The quantitative estimate of drug-likeness (QED) is 0.625. The molecular formula is C10H14O2. The molecule has 0 radical (unpaired) electrons. The molecule has 2 nitrogen and oxygen atoms in total. The van der Waals surface area contributed by atoms with Crippen LogP contribution in [-0.4, -0.2) is 19.5 Å². The first-order chi connectivity index (χ1) is 5.77. The maximum Gasteiger partial charge on any atom is 0.155 e. The molecule has 0 atom stereocenters. The molecule has 0 aromatic heterocycles. The summed E-state index contributed by atoms with van der Waals surface area (Å²) in [4.78, 5) is 0. The van der Waals surface area contributed by atoms with E-state index in [0.717, 1.165) is 11.1 Å². The molecule has 0 aromatic rings. The van der Waals surface area contributed by atoms with E-state index in [1.54, 1.807) is 12.2 Å². The van der Waals surface area contributed by atoms with Crippen molar-refractivity contribution in [2.24, 2.45) is 0 Å². The molecule has 1 heterocycles. The van der Waals surface area contributed by atoms with E-state index < -0.39 is 0 Å². The Balaban J connectivity index is 2.78. The molecule has 12 heavy (non-hydrogen) atoms. The summed E-state index contributed by atoms with van der Waals surface area (Å²) < 4.78 is 10.7. The van der Waals surface area contributed by atoms with Crippen LogP contribution < -0.4 is 0 Å². The van der Waals surface area contributed by atoms with Crippen LogP contribution >= 0.6 is 0 Å². The Morgan fingerprint density at radius 2 is 1.58 bits per heavy atom. The summed E-state index contributed by atoms with van der Waals surface area (Å²) in [5.74, 6) is 0. The van der Waals surface area contributed by atoms with E-state index in [-0.39, 0.29) is 6.29 Å². The van der Waals surface area contributed by atoms with Crippen molar-refractivity contribution in [3.8, 4) is 0 Å². The van der Waals surface area contributed by atoms with E-state index in [1.807, 2.05) is 6.92 Å². The Morgan fingerprint density at radius 3 is 1.92 bits per heavy atom. The molecule has 0 spiro atoms. The largest absolute Gasteiger partial charge is 0.348 e. The molecule has 0 saturated heterocycles. The van der Waals surface area contributed by atoms with Crippen LogP contribution in [0.2, 0.25) is 0 Å². The monoisotopic (exact) mass is 166 g/mol. The van der Waals surface area contributed by atoms with Gasteiger partial charge in [-0.2, -0.15) is 0 Å². The zero-order valence-corrected chi connectivity index (χ0v) is 7.38. The predicted molar refractivity (Wildman–Crippen MR) is 48.8 cm³/mol. The van der Waals surface area contributed by atoms with Crippen LogP contribution in [0.1, 0.15) is 6.92 Å². The molecule has 2 heteroatoms. The predicted octanol–water partition coefficient (Wildman–Crippen LogP) is 2.05. The average Bonchev–Trinajstić information content (AvgIpc) is 2.27. The molecule has 0 unspecified atom stereocenters. The maximum absolute atomic E-state index is 5.34. The first-order valence-corrected chi connectivity index (χ1v) is 3.98. The molecule has 1 rings (SSSR count). The Morgan fingerprint density at radius 1 is 1.17 bits per heavy atom. The van der Waals surface area contributed by atoms with Gasteiger partial charge in [-0.1, -0.05) is 25.3 Å². The van der Waals surface area contributed by atoms with Gasteiger partial charge in [0, 0.05) is 0 Å². The highest BCUT2D eigenvalue weighted by Crippen LogP contribution is 2.14. The van der Waals surface area contributed by atoms with Crippen LogP contribution in [0.4, 0.5) is 0 Å². The van der Waals surface area contributed by atoms with Gasteiger partial charge in [-0.3, -0.25) is 0 Å². The van der Waals surface area contributed by atoms with Gasteiger partial charge in [0.05, 0.1) is 13.2 Å². The lowest BCUT2D eigenvalue weighted by molar-refractivity contribution is -0.110. The Kier molecular flexibility index (Phi) is 3.26. The lowest BCUT2D eigenvalue weighted by Gasteiger charge is -2.08. The molecule has 0 aliphatic carbocycles. The third kappa shape index (κ3) is 2.06. The first-order valence-electron chi connectivity index (χ1n) is 3.98. The lowest BCUT2D eigenvalue weighted by Crippen LogP contribution is -2.11. The minimum absolute atomic E-state index is 0.141. The average molecular weight is 166 g/mol. The van der Waals surface area contributed by atoms with Gasteiger partial charge in [-0.25, -0.2) is 0 Å². The van der Waals surface area contributed by atoms with Crippen molar-refractivity contribution >= 4 is 0 Å². The van der Waals surface area contributed by atoms with Crippen molar-refractivity contribution in [2.75, 3.05) is 13.2 Å². The molecule has 0 amide bonds. The summed E-state index contributed by atoms with van der Waals surface area (Å²) >= 11 is 0. The molecule has 0 fully saturated rings. The Bertz CT molecular complexity index is 194. The van der Waals surface area contributed by atoms with Crippen molar-refractivity contribution in [2.45, 2.75) is 13.2 Å². The topological polar surface area (TPSA) is 18.5 Å². The summed E-state index contributed by atoms with van der Waals surface area (Å²) in [5, 5.41) is 0. The summed E-state index contributed by atoms with van der Waals surface area (Å²) in [6.45, 7) is 10.4. The molecule has 0 N–H and O–H groups in total. The normalized spacial score (nSPS) is 20.4. The Labute approximate surface area is 73.2 Å². The second kappa shape index (κ2) is 4.24. The first kappa shape index (κ1) is 9.23. The second-order valence-corrected chi connectivity index (χ2v) is 2.65. The van der Waals surface area contributed by atoms with E-state index in [9.17, 15) is 0 Å². The van der Waals surface area contributed by atoms with E-state index in [2.05, 4.69) is 13.2 Å². The van der Waals surface area contributed by atoms with Crippen LogP contribution in [-0.2, 0) is 9.47 Å². The van der Waals surface area contributed by atoms with Crippen molar-refractivity contribution in [3.05, 3.63) is 36.5 Å². The maximum atomic E-state index is 5.34. The van der Waals surface area contributed by atoms with E-state index in [0.29, 0.717) is 13.2 Å². The van der Waals surface area contributed by atoms with Crippen molar-refractivity contribution < 1.29 is 9.47 Å². The van der Waals surface area contributed by atoms with Crippen molar-refractivity contribution in [3.63, 3.8) is 0 Å². The van der Waals surface area contributed by atoms with Gasteiger partial charge in [-0.15, -0.1) is 0 Å². The summed E-state index contributed by atoms with van der Waals surface area (Å²) in [7, 11) is 0. The zero-order valence-electron chi connectivity index (χ0n) is 7.38. The smallest absolute Gasteiger partial charge is 0.155 e. The molecule has 66 valence electrons. The standard InChI is InChI=1S/C10H14O2/c1-4-9-6-11-8(3)12-7-10(9)5-2/h4-5,8H,1-2,6-7H2,3H3. The molecule has 0 saturated carbocycles. The van der Waals surface area contributed by atoms with Crippen LogP contribution in [0.5, 0.6) is 0 Å². The zero-order chi connectivity index (χ0) is 8.97. The molecular weight excluding hydrogens is 152 g/mol. The van der Waals surface area contributed by atoms with Gasteiger partial charge in [0.25, 0.3) is 0 Å². The van der Waals surface area contributed by atoms with Gasteiger partial charge in [-0.05, 0) is 18.1 Å². The molecule has 1 aliphatic heterocycles. The highest BCUT2D eigenvalue weighted by atomic mass is 16.7. The molecule has 0 aromatic carbocycles. The molecule has 0 bridgehead atoms. The van der Waals surface area contributed by atoms with Crippen LogP contribution in [0.3, 0.4) is 0 Å². The molecule has 1 aliphatic rings. The number of hydrogen-bond acceptors (Lipinski definition) is 2. The fraction of sp³-hybridized carbons (Fsp3) is 0.400. The highest BCUT2D eigenvalue weighted by Gasteiger charge is 2.11. The van der Waals surface area contributed by atoms with Gasteiger partial charge >= 0.3 is 0 Å². The third-order valence-electron chi connectivity index (χ3n) is 1.85. The van der Waals surface area contributed by atoms with E-state index in [1.165, 1.54) is 0 Å². The van der Waals surface area contributed by atoms with Gasteiger partial charge in [0.15, 0.2) is 6.29 Å². The minimum Gasteiger partial charge on any atom is -0.348 e. The van der Waals surface area contributed by atoms with Crippen molar-refractivity contribution in [1.82, 2.24) is 0 Å². The van der Waals surface area contributed by atoms with Gasteiger partial charge < -0.3 is 9.47 Å². The van der Waals surface area contributed by atoms with Gasteiger partial charge in [0.2, 0.25) is 0 Å². The Hall–Kier alpha value is -0.860. The summed E-state index contributed by atoms with van der Waals surface area (Å²) in [5.41, 5.74) is 2.13. The van der Waals surface area contributed by atoms with Gasteiger partial charge in [0.1, 0.15) is 0 Å². The number of rotatable bonds is 2. The van der Waals surface area contributed by atoms with Crippen LogP contribution in [0.15, 0.2) is 36.5 Å².